The van der Waals surface area contributed by atoms with E-state index in [9.17, 15) is 4.79 Å². The molecule has 7 nitrogen and oxygen atoms in total. The highest BCUT2D eigenvalue weighted by atomic mass is 32.2. The molecule has 0 atom stereocenters. The SMILES string of the molecule is CCc1nn2c(=O)cc(CSc3nnc(-c4cccs4)n3CC)nc2s1. The molecule has 4 aromatic heterocycles. The molecule has 0 bridgehead atoms. The first-order valence-electron chi connectivity index (χ1n) is 8.18. The molecule has 0 amide bonds. The third kappa shape index (κ3) is 3.19. The molecule has 0 unspecified atom stereocenters. The first kappa shape index (κ1) is 17.4. The van der Waals surface area contributed by atoms with Crippen LogP contribution in [0.1, 0.15) is 24.5 Å². The van der Waals surface area contributed by atoms with Gasteiger partial charge in [0.15, 0.2) is 11.0 Å². The van der Waals surface area contributed by atoms with Crippen LogP contribution in [0.2, 0.25) is 0 Å². The first-order chi connectivity index (χ1) is 12.7. The van der Waals surface area contributed by atoms with Crippen LogP contribution in [0.4, 0.5) is 0 Å². The van der Waals surface area contributed by atoms with Crippen molar-refractivity contribution < 1.29 is 0 Å². The fourth-order valence-corrected chi connectivity index (χ4v) is 4.99. The molecule has 0 saturated carbocycles. The zero-order valence-electron chi connectivity index (χ0n) is 14.2. The number of thioether (sulfide) groups is 1. The van der Waals surface area contributed by atoms with E-state index in [0.29, 0.717) is 10.7 Å². The first-order valence-corrected chi connectivity index (χ1v) is 10.9. The average molecular weight is 405 g/mol. The van der Waals surface area contributed by atoms with Gasteiger partial charge in [-0.3, -0.25) is 4.79 Å². The Balaban J connectivity index is 1.59. The normalized spacial score (nSPS) is 11.5. The van der Waals surface area contributed by atoms with Crippen LogP contribution in [0, 0.1) is 0 Å². The molecule has 0 aliphatic rings. The van der Waals surface area contributed by atoms with Crippen LogP contribution in [0.25, 0.3) is 15.7 Å². The van der Waals surface area contributed by atoms with Gasteiger partial charge in [-0.2, -0.15) is 9.61 Å². The Hall–Kier alpha value is -2.04. The smallest absolute Gasteiger partial charge is 0.275 e. The van der Waals surface area contributed by atoms with Crippen molar-refractivity contribution in [2.45, 2.75) is 37.7 Å². The molecular weight excluding hydrogens is 388 g/mol. The van der Waals surface area contributed by atoms with Crippen LogP contribution < -0.4 is 5.56 Å². The minimum Gasteiger partial charge on any atom is -0.302 e. The summed E-state index contributed by atoms with van der Waals surface area (Å²) in [5, 5.41) is 16.7. The number of thiophene rings is 1. The molecule has 4 rings (SSSR count). The molecule has 0 radical (unpaired) electrons. The molecule has 4 heterocycles. The minimum absolute atomic E-state index is 0.141. The Morgan fingerprint density at radius 2 is 2.15 bits per heavy atom. The lowest BCUT2D eigenvalue weighted by atomic mass is 10.4. The predicted octanol–water partition coefficient (Wildman–Crippen LogP) is 3.35. The molecule has 134 valence electrons. The largest absolute Gasteiger partial charge is 0.302 e. The van der Waals surface area contributed by atoms with Crippen molar-refractivity contribution in [2.75, 3.05) is 0 Å². The maximum Gasteiger partial charge on any atom is 0.275 e. The monoisotopic (exact) mass is 404 g/mol. The van der Waals surface area contributed by atoms with Gasteiger partial charge in [0.25, 0.3) is 5.56 Å². The quantitative estimate of drug-likeness (QED) is 0.459. The summed E-state index contributed by atoms with van der Waals surface area (Å²) >= 11 is 4.64. The zero-order valence-corrected chi connectivity index (χ0v) is 16.7. The maximum atomic E-state index is 12.2. The third-order valence-corrected chi connectivity index (χ3v) is 6.69. The molecule has 0 aromatic carbocycles. The van der Waals surface area contributed by atoms with Gasteiger partial charge in [0.1, 0.15) is 5.01 Å². The molecule has 4 aromatic rings. The van der Waals surface area contributed by atoms with Gasteiger partial charge in [-0.15, -0.1) is 21.5 Å². The van der Waals surface area contributed by atoms with Gasteiger partial charge in [0.2, 0.25) is 4.96 Å². The van der Waals surface area contributed by atoms with Gasteiger partial charge >= 0.3 is 0 Å². The van der Waals surface area contributed by atoms with Gasteiger partial charge in [-0.1, -0.05) is 36.1 Å². The predicted molar refractivity (Wildman–Crippen MR) is 105 cm³/mol. The van der Waals surface area contributed by atoms with Crippen LogP contribution in [0.3, 0.4) is 0 Å². The van der Waals surface area contributed by atoms with E-state index in [-0.39, 0.29) is 5.56 Å². The van der Waals surface area contributed by atoms with Crippen molar-refractivity contribution >= 4 is 39.4 Å². The summed E-state index contributed by atoms with van der Waals surface area (Å²) in [6.07, 6.45) is 0.794. The fraction of sp³-hybridized carbons (Fsp3) is 0.312. The van der Waals surface area contributed by atoms with Crippen LogP contribution >= 0.6 is 34.4 Å². The number of nitrogens with zero attached hydrogens (tertiary/aromatic N) is 6. The van der Waals surface area contributed by atoms with Crippen molar-refractivity contribution in [2.24, 2.45) is 0 Å². The number of fused-ring (bicyclic) bond motifs is 1. The second kappa shape index (κ2) is 7.29. The molecule has 0 aliphatic heterocycles. The zero-order chi connectivity index (χ0) is 18.1. The summed E-state index contributed by atoms with van der Waals surface area (Å²) < 4.78 is 3.46. The van der Waals surface area contributed by atoms with Crippen LogP contribution in [-0.2, 0) is 18.7 Å². The lowest BCUT2D eigenvalue weighted by molar-refractivity contribution is 0.688. The van der Waals surface area contributed by atoms with Crippen molar-refractivity contribution in [3.63, 3.8) is 0 Å². The molecule has 0 aliphatic carbocycles. The Morgan fingerprint density at radius 3 is 2.88 bits per heavy atom. The Morgan fingerprint density at radius 1 is 1.27 bits per heavy atom. The van der Waals surface area contributed by atoms with E-state index < -0.39 is 0 Å². The Bertz CT molecular complexity index is 1100. The van der Waals surface area contributed by atoms with Gasteiger partial charge < -0.3 is 4.57 Å². The number of aromatic nitrogens is 6. The van der Waals surface area contributed by atoms with E-state index in [1.807, 2.05) is 24.4 Å². The highest BCUT2D eigenvalue weighted by Crippen LogP contribution is 2.28. The molecule has 0 spiro atoms. The van der Waals surface area contributed by atoms with E-state index in [0.717, 1.165) is 39.5 Å². The summed E-state index contributed by atoms with van der Waals surface area (Å²) in [5.74, 6) is 1.44. The number of hydrogen-bond acceptors (Lipinski definition) is 8. The lowest BCUT2D eigenvalue weighted by Gasteiger charge is -2.05. The standard InChI is InChI=1S/C16H16N6OS3/c1-3-12-20-22-13(23)8-10(17-15(22)26-12)9-25-16-19-18-14(21(16)4-2)11-6-5-7-24-11/h5-8H,3-4,9H2,1-2H3. The topological polar surface area (TPSA) is 78.0 Å². The molecule has 0 N–H and O–H groups in total. The van der Waals surface area contributed by atoms with Crippen molar-refractivity contribution in [1.82, 2.24) is 29.4 Å². The molecular formula is C16H16N6OS3. The van der Waals surface area contributed by atoms with Gasteiger partial charge in [-0.25, -0.2) is 4.98 Å². The number of rotatable bonds is 6. The van der Waals surface area contributed by atoms with E-state index in [1.54, 1.807) is 29.2 Å². The molecule has 26 heavy (non-hydrogen) atoms. The summed E-state index contributed by atoms with van der Waals surface area (Å²) in [6, 6.07) is 5.60. The highest BCUT2D eigenvalue weighted by molar-refractivity contribution is 7.98. The number of hydrogen-bond donors (Lipinski definition) is 0. The van der Waals surface area contributed by atoms with E-state index in [1.165, 1.54) is 15.9 Å². The van der Waals surface area contributed by atoms with Gasteiger partial charge in [0, 0.05) is 18.4 Å². The van der Waals surface area contributed by atoms with E-state index >= 15 is 0 Å². The van der Waals surface area contributed by atoms with Crippen LogP contribution in [0.5, 0.6) is 0 Å². The van der Waals surface area contributed by atoms with Crippen molar-refractivity contribution in [3.8, 4) is 10.7 Å². The Labute approximate surface area is 161 Å². The summed E-state index contributed by atoms with van der Waals surface area (Å²) in [5.41, 5.74) is 0.590. The fourth-order valence-electron chi connectivity index (χ4n) is 2.52. The number of aryl methyl sites for hydroxylation is 1. The second-order valence-electron chi connectivity index (χ2n) is 5.45. The molecule has 10 heteroatoms. The second-order valence-corrected chi connectivity index (χ2v) is 8.38. The summed E-state index contributed by atoms with van der Waals surface area (Å²) in [4.78, 5) is 18.6. The minimum atomic E-state index is -0.141. The molecule has 0 fully saturated rings. The van der Waals surface area contributed by atoms with Gasteiger partial charge in [-0.05, 0) is 24.8 Å². The van der Waals surface area contributed by atoms with E-state index in [4.69, 9.17) is 0 Å². The molecule has 0 saturated heterocycles. The third-order valence-electron chi connectivity index (χ3n) is 3.77. The average Bonchev–Trinajstić information content (AvgIpc) is 3.37. The summed E-state index contributed by atoms with van der Waals surface area (Å²) in [6.45, 7) is 4.87. The Kier molecular flexibility index (Phi) is 4.88. The van der Waals surface area contributed by atoms with Crippen molar-refractivity contribution in [1.29, 1.82) is 0 Å². The van der Waals surface area contributed by atoms with Crippen LogP contribution in [-0.4, -0.2) is 29.4 Å². The van der Waals surface area contributed by atoms with Crippen molar-refractivity contribution in [3.05, 3.63) is 44.6 Å². The maximum absolute atomic E-state index is 12.2. The lowest BCUT2D eigenvalue weighted by Crippen LogP contribution is -2.15. The van der Waals surface area contributed by atoms with E-state index in [2.05, 4.69) is 31.8 Å². The van der Waals surface area contributed by atoms with Gasteiger partial charge in [0.05, 0.1) is 10.6 Å². The van der Waals surface area contributed by atoms with Crippen LogP contribution in [0.15, 0.2) is 33.5 Å². The highest BCUT2D eigenvalue weighted by Gasteiger charge is 2.15. The summed E-state index contributed by atoms with van der Waals surface area (Å²) in [7, 11) is 0.